The topological polar surface area (TPSA) is 97.6 Å². The Bertz CT molecular complexity index is 1290. The Morgan fingerprint density at radius 3 is 2.42 bits per heavy atom. The van der Waals surface area contributed by atoms with Gasteiger partial charge < -0.3 is 14.5 Å². The molecular weight excluding hydrogens is 442 g/mol. The quantitative estimate of drug-likeness (QED) is 0.546. The predicted octanol–water partition coefficient (Wildman–Crippen LogP) is 2.15. The number of anilines is 1. The van der Waals surface area contributed by atoms with E-state index in [1.54, 1.807) is 35.4 Å². The summed E-state index contributed by atoms with van der Waals surface area (Å²) < 4.78 is 33.3. The molecule has 1 aromatic carbocycles. The van der Waals surface area contributed by atoms with Crippen LogP contribution >= 0.6 is 0 Å². The number of carbonyl (C=O) groups is 1. The first-order valence-corrected chi connectivity index (χ1v) is 12.5. The number of carbonyl (C=O) groups excluding carboxylic acids is 1. The molecule has 5 rings (SSSR count). The molecule has 1 aliphatic heterocycles. The minimum absolute atomic E-state index is 0.0287. The zero-order valence-corrected chi connectivity index (χ0v) is 19.6. The number of amides is 1. The minimum Gasteiger partial charge on any atom is -0.375 e. The third-order valence-corrected chi connectivity index (χ3v) is 8.02. The number of aryl methyl sites for hydroxylation is 1. The van der Waals surface area contributed by atoms with E-state index in [9.17, 15) is 13.2 Å². The molecule has 1 saturated carbocycles. The number of aromatic nitrogens is 3. The van der Waals surface area contributed by atoms with Crippen LogP contribution in [0.1, 0.15) is 29.9 Å². The molecule has 2 aromatic heterocycles. The number of hydrogen-bond donors (Lipinski definition) is 0. The van der Waals surface area contributed by atoms with Crippen LogP contribution in [0.15, 0.2) is 41.7 Å². The fourth-order valence-corrected chi connectivity index (χ4v) is 5.70. The van der Waals surface area contributed by atoms with Crippen molar-refractivity contribution < 1.29 is 17.9 Å². The summed E-state index contributed by atoms with van der Waals surface area (Å²) in [5.41, 5.74) is 2.38. The van der Waals surface area contributed by atoms with Crippen molar-refractivity contribution in [1.82, 2.24) is 18.8 Å². The van der Waals surface area contributed by atoms with E-state index in [1.807, 2.05) is 6.92 Å². The number of ether oxygens (including phenoxy) is 1. The standard InChI is InChI=1S/C23H27N5O4S/c1-16-3-7-18(8-4-16)33(30,31)28-13-19(17-5-6-17)21-22(24-15-25-23(21)28)27-11-9-26(10-12-27)20(29)14-32-2/h3-4,7-8,13,15,17H,5-6,9-12,14H2,1-2H3. The Balaban J connectivity index is 1.54. The molecule has 10 heteroatoms. The molecule has 0 atom stereocenters. The molecule has 3 aromatic rings. The summed E-state index contributed by atoms with van der Waals surface area (Å²) in [4.78, 5) is 25.3. The highest BCUT2D eigenvalue weighted by Gasteiger charge is 2.34. The van der Waals surface area contributed by atoms with Crippen LogP contribution < -0.4 is 4.90 Å². The summed E-state index contributed by atoms with van der Waals surface area (Å²) in [6.07, 6.45) is 5.21. The van der Waals surface area contributed by atoms with Crippen LogP contribution in [-0.4, -0.2) is 73.1 Å². The summed E-state index contributed by atoms with van der Waals surface area (Å²) >= 11 is 0. The van der Waals surface area contributed by atoms with Gasteiger partial charge in [0.2, 0.25) is 5.91 Å². The van der Waals surface area contributed by atoms with Crippen molar-refractivity contribution in [2.24, 2.45) is 0 Å². The van der Waals surface area contributed by atoms with Gasteiger partial charge in [0.15, 0.2) is 5.65 Å². The third kappa shape index (κ3) is 3.97. The van der Waals surface area contributed by atoms with Crippen LogP contribution in [-0.2, 0) is 19.6 Å². The Hall–Kier alpha value is -2.98. The largest absolute Gasteiger partial charge is 0.375 e. The second-order valence-electron chi connectivity index (χ2n) is 8.67. The molecule has 3 heterocycles. The average molecular weight is 470 g/mol. The lowest BCUT2D eigenvalue weighted by atomic mass is 10.1. The van der Waals surface area contributed by atoms with E-state index in [0.29, 0.717) is 37.7 Å². The molecule has 0 spiro atoms. The number of nitrogens with zero attached hydrogens (tertiary/aromatic N) is 5. The van der Waals surface area contributed by atoms with Crippen LogP contribution in [0.4, 0.5) is 5.82 Å². The molecule has 0 bridgehead atoms. The van der Waals surface area contributed by atoms with Gasteiger partial charge in [-0.25, -0.2) is 22.4 Å². The first kappa shape index (κ1) is 21.8. The van der Waals surface area contributed by atoms with Gasteiger partial charge in [-0.3, -0.25) is 4.79 Å². The van der Waals surface area contributed by atoms with Gasteiger partial charge in [-0.2, -0.15) is 0 Å². The number of rotatable bonds is 6. The number of methoxy groups -OCH3 is 1. The van der Waals surface area contributed by atoms with Crippen LogP contribution in [0.3, 0.4) is 0 Å². The predicted molar refractivity (Wildman–Crippen MR) is 124 cm³/mol. The summed E-state index contributed by atoms with van der Waals surface area (Å²) in [6, 6.07) is 6.85. The maximum atomic E-state index is 13.5. The van der Waals surface area contributed by atoms with Crippen molar-refractivity contribution in [3.8, 4) is 0 Å². The first-order valence-electron chi connectivity index (χ1n) is 11.1. The van der Waals surface area contributed by atoms with Crippen molar-refractivity contribution in [2.75, 3.05) is 44.8 Å². The van der Waals surface area contributed by atoms with Crippen molar-refractivity contribution >= 4 is 32.8 Å². The van der Waals surface area contributed by atoms with Gasteiger partial charge in [0.25, 0.3) is 10.0 Å². The van der Waals surface area contributed by atoms with E-state index >= 15 is 0 Å². The zero-order chi connectivity index (χ0) is 23.2. The molecule has 1 amide bonds. The van der Waals surface area contributed by atoms with Gasteiger partial charge in [0, 0.05) is 39.5 Å². The van der Waals surface area contributed by atoms with E-state index in [1.165, 1.54) is 17.4 Å². The molecule has 0 unspecified atom stereocenters. The van der Waals surface area contributed by atoms with Gasteiger partial charge in [-0.15, -0.1) is 0 Å². The van der Waals surface area contributed by atoms with Crippen LogP contribution in [0.2, 0.25) is 0 Å². The molecule has 1 aliphatic carbocycles. The molecule has 174 valence electrons. The van der Waals surface area contributed by atoms with E-state index in [2.05, 4.69) is 14.9 Å². The molecule has 9 nitrogen and oxygen atoms in total. The summed E-state index contributed by atoms with van der Waals surface area (Å²) in [6.45, 7) is 4.35. The summed E-state index contributed by atoms with van der Waals surface area (Å²) in [5.74, 6) is 1.02. The molecule has 0 radical (unpaired) electrons. The van der Waals surface area contributed by atoms with Crippen molar-refractivity contribution in [3.63, 3.8) is 0 Å². The van der Waals surface area contributed by atoms with Gasteiger partial charge in [0.05, 0.1) is 10.3 Å². The van der Waals surface area contributed by atoms with E-state index in [0.717, 1.165) is 35.2 Å². The molecule has 2 aliphatic rings. The average Bonchev–Trinajstić information content (AvgIpc) is 3.58. The van der Waals surface area contributed by atoms with Gasteiger partial charge in [0.1, 0.15) is 18.8 Å². The molecule has 0 N–H and O–H groups in total. The molecule has 33 heavy (non-hydrogen) atoms. The third-order valence-electron chi connectivity index (χ3n) is 6.36. The summed E-state index contributed by atoms with van der Waals surface area (Å²) in [5, 5.41) is 0.798. The second kappa shape index (κ2) is 8.42. The lowest BCUT2D eigenvalue weighted by molar-refractivity contribution is -0.135. The molecular formula is C23H27N5O4S. The number of benzene rings is 1. The lowest BCUT2D eigenvalue weighted by Crippen LogP contribution is -2.50. The molecule has 1 saturated heterocycles. The number of hydrogen-bond acceptors (Lipinski definition) is 7. The Labute approximate surface area is 193 Å². The normalized spacial score (nSPS) is 17.0. The smallest absolute Gasteiger partial charge is 0.269 e. The monoisotopic (exact) mass is 469 g/mol. The second-order valence-corrected chi connectivity index (χ2v) is 10.5. The Kier molecular flexibility index (Phi) is 5.57. The highest BCUT2D eigenvalue weighted by Crippen LogP contribution is 2.46. The van der Waals surface area contributed by atoms with E-state index in [-0.39, 0.29) is 17.4 Å². The van der Waals surface area contributed by atoms with Gasteiger partial charge >= 0.3 is 0 Å². The van der Waals surface area contributed by atoms with Crippen molar-refractivity contribution in [2.45, 2.75) is 30.6 Å². The van der Waals surface area contributed by atoms with E-state index < -0.39 is 10.0 Å². The van der Waals surface area contributed by atoms with Gasteiger partial charge in [-0.1, -0.05) is 17.7 Å². The summed E-state index contributed by atoms with van der Waals surface area (Å²) in [7, 11) is -2.29. The van der Waals surface area contributed by atoms with Crippen molar-refractivity contribution in [1.29, 1.82) is 0 Å². The fraction of sp³-hybridized carbons (Fsp3) is 0.435. The number of piperazine rings is 1. The molecule has 2 fully saturated rings. The van der Waals surface area contributed by atoms with Crippen molar-refractivity contribution in [3.05, 3.63) is 47.9 Å². The van der Waals surface area contributed by atoms with Crippen LogP contribution in [0.5, 0.6) is 0 Å². The number of fused-ring (bicyclic) bond motifs is 1. The maximum absolute atomic E-state index is 13.5. The van der Waals surface area contributed by atoms with Gasteiger partial charge in [-0.05, 0) is 43.4 Å². The Morgan fingerprint density at radius 2 is 1.79 bits per heavy atom. The van der Waals surface area contributed by atoms with Crippen LogP contribution in [0.25, 0.3) is 11.0 Å². The first-order chi connectivity index (χ1) is 15.9. The van der Waals surface area contributed by atoms with Crippen LogP contribution in [0, 0.1) is 6.92 Å². The SMILES string of the molecule is COCC(=O)N1CCN(c2ncnc3c2c(C2CC2)cn3S(=O)(=O)c2ccc(C)cc2)CC1. The lowest BCUT2D eigenvalue weighted by Gasteiger charge is -2.35. The maximum Gasteiger partial charge on any atom is 0.269 e. The highest BCUT2D eigenvalue weighted by atomic mass is 32.2. The van der Waals surface area contributed by atoms with E-state index in [4.69, 9.17) is 4.74 Å². The highest BCUT2D eigenvalue weighted by molar-refractivity contribution is 7.90. The minimum atomic E-state index is -3.80. The zero-order valence-electron chi connectivity index (χ0n) is 18.8. The Morgan fingerprint density at radius 1 is 1.09 bits per heavy atom. The fourth-order valence-electron chi connectivity index (χ4n) is 4.38.